The lowest BCUT2D eigenvalue weighted by atomic mass is 10.0. The topological polar surface area (TPSA) is 85.2 Å². The molecule has 1 aromatic carbocycles. The second-order valence-electron chi connectivity index (χ2n) is 6.25. The molecule has 0 aliphatic carbocycles. The molecule has 146 valence electrons. The maximum atomic E-state index is 12.8. The third-order valence-electron chi connectivity index (χ3n) is 4.34. The summed E-state index contributed by atoms with van der Waals surface area (Å²) in [6, 6.07) is 9.73. The molecule has 2 heterocycles. The number of carbonyl (C=O) groups excluding carboxylic acids is 2. The molecule has 28 heavy (non-hydrogen) atoms. The molecule has 8 heteroatoms. The molecule has 2 aromatic heterocycles. The monoisotopic (exact) mass is 398 g/mol. The van der Waals surface area contributed by atoms with E-state index < -0.39 is 12.1 Å². The van der Waals surface area contributed by atoms with Gasteiger partial charge in [0.05, 0.1) is 12.0 Å². The van der Waals surface area contributed by atoms with Gasteiger partial charge in [0.25, 0.3) is 5.91 Å². The number of nitrogens with zero attached hydrogens (tertiary/aromatic N) is 2. The Morgan fingerprint density at radius 3 is 2.61 bits per heavy atom. The molecular formula is C20H22N4O3S. The van der Waals surface area contributed by atoms with E-state index in [0.717, 1.165) is 5.56 Å². The molecule has 0 aliphatic heterocycles. The second kappa shape index (κ2) is 8.71. The smallest absolute Gasteiger partial charge is 0.261 e. The van der Waals surface area contributed by atoms with Crippen molar-refractivity contribution in [3.63, 3.8) is 0 Å². The molecule has 3 rings (SSSR count). The number of aromatic nitrogens is 2. The number of hydrogen-bond acceptors (Lipinski definition) is 5. The Balaban J connectivity index is 1.82. The number of hydrogen-bond donors (Lipinski definition) is 2. The maximum Gasteiger partial charge on any atom is 0.261 e. The molecule has 2 N–H and O–H groups in total. The van der Waals surface area contributed by atoms with E-state index in [2.05, 4.69) is 15.6 Å². The normalized spacial score (nSPS) is 12.8. The number of benzene rings is 1. The van der Waals surface area contributed by atoms with Crippen LogP contribution in [0.15, 0.2) is 54.2 Å². The van der Waals surface area contributed by atoms with Gasteiger partial charge in [-0.1, -0.05) is 24.3 Å². The van der Waals surface area contributed by atoms with E-state index in [4.69, 9.17) is 4.74 Å². The SMILES string of the molecule is COc1ccccc1C(NC(=O)C(C)NC(=O)c1cccs1)c1nccn1C. The van der Waals surface area contributed by atoms with Crippen LogP contribution in [0.4, 0.5) is 0 Å². The van der Waals surface area contributed by atoms with Crippen LogP contribution in [0.1, 0.15) is 34.0 Å². The van der Waals surface area contributed by atoms with E-state index in [-0.39, 0.29) is 11.8 Å². The first-order valence-electron chi connectivity index (χ1n) is 8.76. The van der Waals surface area contributed by atoms with Crippen molar-refractivity contribution >= 4 is 23.2 Å². The highest BCUT2D eigenvalue weighted by molar-refractivity contribution is 7.12. The Kier molecular flexibility index (Phi) is 6.10. The summed E-state index contributed by atoms with van der Waals surface area (Å²) in [5.74, 6) is 0.716. The van der Waals surface area contributed by atoms with Gasteiger partial charge in [0.1, 0.15) is 23.7 Å². The summed E-state index contributed by atoms with van der Waals surface area (Å²) in [4.78, 5) is 30.0. The van der Waals surface area contributed by atoms with Crippen LogP contribution in [-0.2, 0) is 11.8 Å². The van der Waals surface area contributed by atoms with Crippen LogP contribution in [0.3, 0.4) is 0 Å². The fourth-order valence-corrected chi connectivity index (χ4v) is 3.48. The highest BCUT2D eigenvalue weighted by Gasteiger charge is 2.26. The molecule has 0 saturated carbocycles. The number of amides is 2. The molecular weight excluding hydrogens is 376 g/mol. The van der Waals surface area contributed by atoms with Gasteiger partial charge >= 0.3 is 0 Å². The first-order chi connectivity index (χ1) is 13.5. The molecule has 2 atom stereocenters. The van der Waals surface area contributed by atoms with E-state index in [0.29, 0.717) is 16.5 Å². The number of nitrogens with one attached hydrogen (secondary N) is 2. The number of rotatable bonds is 7. The van der Waals surface area contributed by atoms with Crippen LogP contribution in [0.5, 0.6) is 5.75 Å². The van der Waals surface area contributed by atoms with Crippen molar-refractivity contribution in [2.24, 2.45) is 7.05 Å². The Labute approximate surface area is 167 Å². The van der Waals surface area contributed by atoms with Gasteiger partial charge in [-0.05, 0) is 24.4 Å². The Hall–Kier alpha value is -3.13. The highest BCUT2D eigenvalue weighted by Crippen LogP contribution is 2.29. The minimum Gasteiger partial charge on any atom is -0.496 e. The summed E-state index contributed by atoms with van der Waals surface area (Å²) in [5, 5.41) is 7.53. The lowest BCUT2D eigenvalue weighted by Gasteiger charge is -2.23. The Morgan fingerprint density at radius 1 is 1.18 bits per heavy atom. The Bertz CT molecular complexity index is 952. The molecule has 0 saturated heterocycles. The number of para-hydroxylation sites is 1. The zero-order valence-electron chi connectivity index (χ0n) is 15.9. The van der Waals surface area contributed by atoms with Gasteiger partial charge in [0, 0.05) is 25.0 Å². The van der Waals surface area contributed by atoms with Crippen molar-refractivity contribution in [3.05, 3.63) is 70.4 Å². The molecule has 0 aliphatic rings. The van der Waals surface area contributed by atoms with Crippen LogP contribution in [0.25, 0.3) is 0 Å². The largest absolute Gasteiger partial charge is 0.496 e. The van der Waals surface area contributed by atoms with Gasteiger partial charge in [-0.3, -0.25) is 9.59 Å². The predicted octanol–water partition coefficient (Wildman–Crippen LogP) is 2.51. The molecule has 0 radical (unpaired) electrons. The molecule has 0 fully saturated rings. The van der Waals surface area contributed by atoms with E-state index >= 15 is 0 Å². The van der Waals surface area contributed by atoms with E-state index in [1.165, 1.54) is 11.3 Å². The third kappa shape index (κ3) is 4.23. The third-order valence-corrected chi connectivity index (χ3v) is 5.21. The van der Waals surface area contributed by atoms with Gasteiger partial charge in [-0.25, -0.2) is 4.98 Å². The summed E-state index contributed by atoms with van der Waals surface area (Å²) >= 11 is 1.33. The molecule has 3 aromatic rings. The zero-order valence-corrected chi connectivity index (χ0v) is 16.7. The van der Waals surface area contributed by atoms with E-state index in [9.17, 15) is 9.59 Å². The van der Waals surface area contributed by atoms with Crippen LogP contribution in [-0.4, -0.2) is 34.5 Å². The standard InChI is InChI=1S/C20H22N4O3S/c1-13(22-20(26)16-9-6-12-28-16)19(25)23-17(18-21-10-11-24(18)2)14-7-4-5-8-15(14)27-3/h4-13,17H,1-3H3,(H,22,26)(H,23,25). The van der Waals surface area contributed by atoms with Gasteiger partial charge in [-0.15, -0.1) is 11.3 Å². The average molecular weight is 398 g/mol. The minimum absolute atomic E-state index is 0.275. The Morgan fingerprint density at radius 2 is 1.96 bits per heavy atom. The predicted molar refractivity (Wildman–Crippen MR) is 107 cm³/mol. The van der Waals surface area contributed by atoms with E-state index in [1.807, 2.05) is 47.5 Å². The number of aryl methyl sites for hydroxylation is 1. The fraction of sp³-hybridized carbons (Fsp3) is 0.250. The second-order valence-corrected chi connectivity index (χ2v) is 7.20. The summed E-state index contributed by atoms with van der Waals surface area (Å²) in [5.41, 5.74) is 0.782. The van der Waals surface area contributed by atoms with Crippen LogP contribution in [0.2, 0.25) is 0 Å². The van der Waals surface area contributed by atoms with Gasteiger partial charge < -0.3 is 19.9 Å². The van der Waals surface area contributed by atoms with Gasteiger partial charge in [0.2, 0.25) is 5.91 Å². The van der Waals surface area contributed by atoms with Crippen LogP contribution < -0.4 is 15.4 Å². The molecule has 7 nitrogen and oxygen atoms in total. The van der Waals surface area contributed by atoms with Crippen LogP contribution >= 0.6 is 11.3 Å². The lowest BCUT2D eigenvalue weighted by molar-refractivity contribution is -0.123. The van der Waals surface area contributed by atoms with Gasteiger partial charge in [0.15, 0.2) is 0 Å². The van der Waals surface area contributed by atoms with Crippen LogP contribution in [0, 0.1) is 0 Å². The summed E-state index contributed by atoms with van der Waals surface area (Å²) in [6.07, 6.45) is 3.48. The highest BCUT2D eigenvalue weighted by atomic mass is 32.1. The molecule has 0 spiro atoms. The van der Waals surface area contributed by atoms with Crippen molar-refractivity contribution in [2.75, 3.05) is 7.11 Å². The first kappa shape index (κ1) is 19.6. The van der Waals surface area contributed by atoms with Crippen molar-refractivity contribution in [1.29, 1.82) is 0 Å². The number of thiophene rings is 1. The van der Waals surface area contributed by atoms with Gasteiger partial charge in [-0.2, -0.15) is 0 Å². The van der Waals surface area contributed by atoms with Crippen molar-refractivity contribution in [1.82, 2.24) is 20.2 Å². The van der Waals surface area contributed by atoms with Crippen molar-refractivity contribution in [3.8, 4) is 5.75 Å². The zero-order chi connectivity index (χ0) is 20.1. The molecule has 2 amide bonds. The lowest BCUT2D eigenvalue weighted by Crippen LogP contribution is -2.46. The fourth-order valence-electron chi connectivity index (χ4n) is 2.85. The first-order valence-corrected chi connectivity index (χ1v) is 9.64. The molecule has 2 unspecified atom stereocenters. The van der Waals surface area contributed by atoms with E-state index in [1.54, 1.807) is 32.4 Å². The maximum absolute atomic E-state index is 12.8. The number of ether oxygens (including phenoxy) is 1. The van der Waals surface area contributed by atoms with Crippen molar-refractivity contribution in [2.45, 2.75) is 19.0 Å². The summed E-state index contributed by atoms with van der Waals surface area (Å²) in [6.45, 7) is 1.65. The minimum atomic E-state index is -0.716. The quantitative estimate of drug-likeness (QED) is 0.640. The summed E-state index contributed by atoms with van der Waals surface area (Å²) < 4.78 is 7.30. The molecule has 0 bridgehead atoms. The number of methoxy groups -OCH3 is 1. The number of carbonyl (C=O) groups is 2. The number of imidazole rings is 1. The summed E-state index contributed by atoms with van der Waals surface area (Å²) in [7, 11) is 3.44. The average Bonchev–Trinajstić information content (AvgIpc) is 3.38. The van der Waals surface area contributed by atoms with Crippen molar-refractivity contribution < 1.29 is 14.3 Å².